The number of hydrogen-bond donors (Lipinski definition) is 2. The quantitative estimate of drug-likeness (QED) is 0.852. The van der Waals surface area contributed by atoms with Crippen molar-refractivity contribution < 1.29 is 9.50 Å². The molecule has 104 valence electrons. The summed E-state index contributed by atoms with van der Waals surface area (Å²) in [4.78, 5) is 0. The number of rotatable bonds is 2. The summed E-state index contributed by atoms with van der Waals surface area (Å²) in [6.45, 7) is 0. The van der Waals surface area contributed by atoms with E-state index in [1.807, 2.05) is 6.07 Å². The summed E-state index contributed by atoms with van der Waals surface area (Å²) >= 11 is 0. The molecule has 0 aliphatic heterocycles. The van der Waals surface area contributed by atoms with E-state index < -0.39 is 5.60 Å². The molecule has 3 heteroatoms. The maximum Gasteiger partial charge on any atom is 0.125 e. The molecule has 2 N–H and O–H groups in total. The topological polar surface area (TPSA) is 32.3 Å². The third kappa shape index (κ3) is 2.48. The van der Waals surface area contributed by atoms with Crippen molar-refractivity contribution in [3.05, 3.63) is 30.1 Å². The molecular weight excluding hydrogens is 241 g/mol. The maximum atomic E-state index is 13.2. The molecule has 1 aromatic carbocycles. The lowest BCUT2D eigenvalue weighted by atomic mass is 9.65. The largest absolute Gasteiger partial charge is 0.387 e. The molecule has 19 heavy (non-hydrogen) atoms. The number of benzene rings is 1. The van der Waals surface area contributed by atoms with Crippen molar-refractivity contribution in [3.8, 4) is 0 Å². The molecule has 2 aliphatic rings. The Hall–Kier alpha value is -1.09. The van der Waals surface area contributed by atoms with Crippen molar-refractivity contribution in [2.45, 2.75) is 56.6 Å². The highest BCUT2D eigenvalue weighted by atomic mass is 19.1. The average Bonchev–Trinajstić information content (AvgIpc) is 2.40. The summed E-state index contributed by atoms with van der Waals surface area (Å²) in [7, 11) is 0. The van der Waals surface area contributed by atoms with Crippen LogP contribution in [0.2, 0.25) is 0 Å². The van der Waals surface area contributed by atoms with E-state index in [0.717, 1.165) is 44.2 Å². The predicted molar refractivity (Wildman–Crippen MR) is 74.6 cm³/mol. The second-order valence-corrected chi connectivity index (χ2v) is 6.07. The normalized spacial score (nSPS) is 34.6. The Morgan fingerprint density at radius 1 is 1.16 bits per heavy atom. The number of anilines is 1. The first-order valence-electron chi connectivity index (χ1n) is 7.43. The first-order valence-corrected chi connectivity index (χ1v) is 7.43. The number of hydrogen-bond acceptors (Lipinski definition) is 2. The molecule has 3 rings (SSSR count). The second-order valence-electron chi connectivity index (χ2n) is 6.07. The molecule has 0 amide bonds. The molecule has 2 aliphatic carbocycles. The standard InChI is InChI=1S/C16H22FNO/c17-13-7-4-8-14(11-13)18-15-9-3-6-12-5-1-2-10-16(12,15)19/h4,7-8,11-12,15,18-19H,1-3,5-6,9-10H2/t12-,15?,16-/m1/s1. The van der Waals surface area contributed by atoms with Crippen LogP contribution in [0.1, 0.15) is 44.9 Å². The van der Waals surface area contributed by atoms with Crippen LogP contribution in [-0.2, 0) is 0 Å². The lowest BCUT2D eigenvalue weighted by Crippen LogP contribution is -2.56. The molecule has 0 spiro atoms. The van der Waals surface area contributed by atoms with Crippen molar-refractivity contribution in [2.24, 2.45) is 5.92 Å². The second kappa shape index (κ2) is 5.12. The van der Waals surface area contributed by atoms with Gasteiger partial charge in [0.1, 0.15) is 5.82 Å². The zero-order valence-corrected chi connectivity index (χ0v) is 11.2. The van der Waals surface area contributed by atoms with Crippen LogP contribution in [0, 0.1) is 11.7 Å². The van der Waals surface area contributed by atoms with Gasteiger partial charge in [0.15, 0.2) is 0 Å². The van der Waals surface area contributed by atoms with Crippen LogP contribution >= 0.6 is 0 Å². The lowest BCUT2D eigenvalue weighted by Gasteiger charge is -2.49. The van der Waals surface area contributed by atoms with Gasteiger partial charge in [-0.1, -0.05) is 25.3 Å². The molecule has 1 unspecified atom stereocenters. The summed E-state index contributed by atoms with van der Waals surface area (Å²) < 4.78 is 13.2. The molecular formula is C16H22FNO. The molecule has 2 nitrogen and oxygen atoms in total. The molecule has 0 heterocycles. The number of aliphatic hydroxyl groups is 1. The Balaban J connectivity index is 1.79. The van der Waals surface area contributed by atoms with E-state index in [2.05, 4.69) is 5.32 Å². The first-order chi connectivity index (χ1) is 9.18. The lowest BCUT2D eigenvalue weighted by molar-refractivity contribution is -0.0835. The van der Waals surface area contributed by atoms with Gasteiger partial charge in [0.05, 0.1) is 11.6 Å². The van der Waals surface area contributed by atoms with E-state index in [-0.39, 0.29) is 11.9 Å². The van der Waals surface area contributed by atoms with Crippen LogP contribution in [0.3, 0.4) is 0 Å². The van der Waals surface area contributed by atoms with Gasteiger partial charge in [0.2, 0.25) is 0 Å². The third-order valence-corrected chi connectivity index (χ3v) is 4.90. The highest BCUT2D eigenvalue weighted by Gasteiger charge is 2.47. The van der Waals surface area contributed by atoms with Crippen LogP contribution in [0.5, 0.6) is 0 Å². The van der Waals surface area contributed by atoms with Gasteiger partial charge in [-0.3, -0.25) is 0 Å². The third-order valence-electron chi connectivity index (χ3n) is 4.90. The van der Waals surface area contributed by atoms with Gasteiger partial charge in [0, 0.05) is 5.69 Å². The molecule has 0 radical (unpaired) electrons. The predicted octanol–water partition coefficient (Wildman–Crippen LogP) is 3.71. The van der Waals surface area contributed by atoms with E-state index >= 15 is 0 Å². The van der Waals surface area contributed by atoms with Crippen LogP contribution in [-0.4, -0.2) is 16.7 Å². The SMILES string of the molecule is O[C@]12CCCC[C@@H]1CCCC2Nc1cccc(F)c1. The van der Waals surface area contributed by atoms with Gasteiger partial charge in [-0.2, -0.15) is 0 Å². The zero-order chi connectivity index (χ0) is 13.3. The number of fused-ring (bicyclic) bond motifs is 1. The molecule has 1 aromatic rings. The molecule has 0 saturated heterocycles. The minimum Gasteiger partial charge on any atom is -0.387 e. The number of nitrogens with one attached hydrogen (secondary N) is 1. The van der Waals surface area contributed by atoms with Crippen LogP contribution in [0.15, 0.2) is 24.3 Å². The molecule has 0 bridgehead atoms. The van der Waals surface area contributed by atoms with Crippen LogP contribution < -0.4 is 5.32 Å². The van der Waals surface area contributed by atoms with Gasteiger partial charge in [-0.15, -0.1) is 0 Å². The highest BCUT2D eigenvalue weighted by molar-refractivity contribution is 5.45. The van der Waals surface area contributed by atoms with E-state index in [9.17, 15) is 9.50 Å². The highest BCUT2D eigenvalue weighted by Crippen LogP contribution is 2.44. The van der Waals surface area contributed by atoms with Gasteiger partial charge >= 0.3 is 0 Å². The van der Waals surface area contributed by atoms with Gasteiger partial charge < -0.3 is 10.4 Å². The van der Waals surface area contributed by atoms with E-state index in [1.54, 1.807) is 6.07 Å². The van der Waals surface area contributed by atoms with E-state index in [1.165, 1.54) is 18.6 Å². The molecule has 2 fully saturated rings. The van der Waals surface area contributed by atoms with Crippen molar-refractivity contribution in [3.63, 3.8) is 0 Å². The Morgan fingerprint density at radius 2 is 2.00 bits per heavy atom. The van der Waals surface area contributed by atoms with Gasteiger partial charge in [0.25, 0.3) is 0 Å². The molecule has 2 saturated carbocycles. The Bertz CT molecular complexity index is 448. The summed E-state index contributed by atoms with van der Waals surface area (Å²) in [6, 6.07) is 6.61. The van der Waals surface area contributed by atoms with Crippen molar-refractivity contribution in [1.82, 2.24) is 0 Å². The fourth-order valence-electron chi connectivity index (χ4n) is 3.90. The van der Waals surface area contributed by atoms with Crippen molar-refractivity contribution >= 4 is 5.69 Å². The van der Waals surface area contributed by atoms with E-state index in [0.29, 0.717) is 5.92 Å². The van der Waals surface area contributed by atoms with Crippen LogP contribution in [0.25, 0.3) is 0 Å². The van der Waals surface area contributed by atoms with Crippen molar-refractivity contribution in [2.75, 3.05) is 5.32 Å². The van der Waals surface area contributed by atoms with Crippen molar-refractivity contribution in [1.29, 1.82) is 0 Å². The average molecular weight is 263 g/mol. The summed E-state index contributed by atoms with van der Waals surface area (Å²) in [5, 5.41) is 14.4. The maximum absolute atomic E-state index is 13.2. The summed E-state index contributed by atoms with van der Waals surface area (Å²) in [5.41, 5.74) is 0.188. The zero-order valence-electron chi connectivity index (χ0n) is 11.2. The Kier molecular flexibility index (Phi) is 3.48. The smallest absolute Gasteiger partial charge is 0.125 e. The number of halogens is 1. The molecule has 3 atom stereocenters. The Labute approximate surface area is 114 Å². The Morgan fingerprint density at radius 3 is 2.84 bits per heavy atom. The minimum absolute atomic E-state index is 0.0633. The fraction of sp³-hybridized carbons (Fsp3) is 0.625. The van der Waals surface area contributed by atoms with Gasteiger partial charge in [-0.05, 0) is 49.8 Å². The minimum atomic E-state index is -0.594. The summed E-state index contributed by atoms with van der Waals surface area (Å²) in [6.07, 6.45) is 7.62. The first kappa shape index (κ1) is 12.9. The van der Waals surface area contributed by atoms with Gasteiger partial charge in [-0.25, -0.2) is 4.39 Å². The summed E-state index contributed by atoms with van der Waals surface area (Å²) in [5.74, 6) is 0.189. The fourth-order valence-corrected chi connectivity index (χ4v) is 3.90. The van der Waals surface area contributed by atoms with E-state index in [4.69, 9.17) is 0 Å². The van der Waals surface area contributed by atoms with Crippen LogP contribution in [0.4, 0.5) is 10.1 Å². The monoisotopic (exact) mass is 263 g/mol. The molecule has 0 aromatic heterocycles.